The maximum absolute atomic E-state index is 11.9. The molecule has 0 saturated heterocycles. The molecule has 3 rings (SSSR count). The van der Waals surface area contributed by atoms with Crippen LogP contribution in [0.5, 0.6) is 11.5 Å². The van der Waals surface area contributed by atoms with Crippen LogP contribution in [0.25, 0.3) is 10.9 Å². The van der Waals surface area contributed by atoms with Crippen molar-refractivity contribution in [3.63, 3.8) is 0 Å². The maximum Gasteiger partial charge on any atom is 0.305 e. The predicted octanol–water partition coefficient (Wildman–Crippen LogP) is 4.90. The fourth-order valence-electron chi connectivity index (χ4n) is 3.00. The summed E-state index contributed by atoms with van der Waals surface area (Å²) in [6.07, 6.45) is 5.01. The van der Waals surface area contributed by atoms with E-state index in [2.05, 4.69) is 24.0 Å². The van der Waals surface area contributed by atoms with E-state index in [0.717, 1.165) is 36.3 Å². The van der Waals surface area contributed by atoms with Gasteiger partial charge in [0.25, 0.3) is 0 Å². The molecule has 0 aliphatic rings. The van der Waals surface area contributed by atoms with E-state index in [-0.39, 0.29) is 12.6 Å². The summed E-state index contributed by atoms with van der Waals surface area (Å²) in [5, 5.41) is 1.22. The number of aromatic nitrogens is 1. The molecular weight excluding hydrogens is 354 g/mol. The lowest BCUT2D eigenvalue weighted by Crippen LogP contribution is -2.12. The van der Waals surface area contributed by atoms with Gasteiger partial charge in [0.1, 0.15) is 24.7 Å². The molecular formula is C23H27NO4. The molecule has 1 heterocycles. The molecule has 28 heavy (non-hydrogen) atoms. The van der Waals surface area contributed by atoms with Gasteiger partial charge in [0.05, 0.1) is 6.61 Å². The summed E-state index contributed by atoms with van der Waals surface area (Å²) in [5.41, 5.74) is 2.36. The van der Waals surface area contributed by atoms with Crippen molar-refractivity contribution in [3.05, 3.63) is 60.3 Å². The lowest BCUT2D eigenvalue weighted by atomic mass is 10.1. The molecule has 5 heteroatoms. The normalized spacial score (nSPS) is 10.8. The number of esters is 1. The van der Waals surface area contributed by atoms with Crippen molar-refractivity contribution in [1.82, 2.24) is 4.98 Å². The van der Waals surface area contributed by atoms with Crippen LogP contribution in [-0.2, 0) is 16.0 Å². The van der Waals surface area contributed by atoms with Crippen LogP contribution in [0, 0.1) is 0 Å². The first kappa shape index (κ1) is 19.8. The number of ether oxygens (including phenoxy) is 3. The molecule has 148 valence electrons. The number of fused-ring (bicyclic) bond motifs is 1. The van der Waals surface area contributed by atoms with Gasteiger partial charge in [-0.3, -0.25) is 4.79 Å². The average Bonchev–Trinajstić information content (AvgIpc) is 3.14. The molecule has 0 bridgehead atoms. The Labute approximate surface area is 165 Å². The molecule has 0 amide bonds. The standard InChI is InChI=1S/C23H27NO4/c1-2-14-26-19-10-12-20(13-11-19)27-15-16-28-23(25)9-5-6-18-17-24-22-8-4-3-7-21(18)22/h3-4,7-8,10-13,17,24H,2,5-6,9,14-16H2,1H3. The molecule has 0 saturated carbocycles. The Morgan fingerprint density at radius 1 is 0.929 bits per heavy atom. The Balaban J connectivity index is 1.30. The van der Waals surface area contributed by atoms with Crippen LogP contribution < -0.4 is 9.47 Å². The largest absolute Gasteiger partial charge is 0.494 e. The first-order valence-electron chi connectivity index (χ1n) is 9.82. The number of rotatable bonds is 11. The molecule has 0 unspecified atom stereocenters. The zero-order valence-electron chi connectivity index (χ0n) is 16.3. The third-order valence-corrected chi connectivity index (χ3v) is 4.41. The third kappa shape index (κ3) is 5.78. The zero-order valence-corrected chi connectivity index (χ0v) is 16.3. The molecule has 0 aliphatic heterocycles. The number of hydrogen-bond acceptors (Lipinski definition) is 4. The highest BCUT2D eigenvalue weighted by atomic mass is 16.6. The van der Waals surface area contributed by atoms with Crippen LogP contribution in [0.1, 0.15) is 31.7 Å². The van der Waals surface area contributed by atoms with Crippen LogP contribution in [0.3, 0.4) is 0 Å². The van der Waals surface area contributed by atoms with Crippen molar-refractivity contribution >= 4 is 16.9 Å². The van der Waals surface area contributed by atoms with Crippen LogP contribution in [0.2, 0.25) is 0 Å². The summed E-state index contributed by atoms with van der Waals surface area (Å²) in [6.45, 7) is 3.36. The van der Waals surface area contributed by atoms with E-state index in [0.29, 0.717) is 19.6 Å². The summed E-state index contributed by atoms with van der Waals surface area (Å²) >= 11 is 0. The minimum atomic E-state index is -0.188. The molecule has 1 aromatic heterocycles. The van der Waals surface area contributed by atoms with Crippen LogP contribution in [0.15, 0.2) is 54.7 Å². The Morgan fingerprint density at radius 2 is 1.64 bits per heavy atom. The second-order valence-electron chi connectivity index (χ2n) is 6.60. The van der Waals surface area contributed by atoms with Crippen LogP contribution in [0.4, 0.5) is 0 Å². The number of carbonyl (C=O) groups excluding carboxylic acids is 1. The van der Waals surface area contributed by atoms with E-state index < -0.39 is 0 Å². The Hall–Kier alpha value is -2.95. The van der Waals surface area contributed by atoms with Crippen molar-refractivity contribution in [2.45, 2.75) is 32.6 Å². The number of benzene rings is 2. The van der Waals surface area contributed by atoms with Gasteiger partial charge >= 0.3 is 5.97 Å². The summed E-state index contributed by atoms with van der Waals surface area (Å²) in [5.74, 6) is 1.38. The SMILES string of the molecule is CCCOc1ccc(OCCOC(=O)CCCc2c[nH]c3ccccc23)cc1. The van der Waals surface area contributed by atoms with Crippen molar-refractivity contribution in [2.75, 3.05) is 19.8 Å². The van der Waals surface area contributed by atoms with Gasteiger partial charge in [-0.25, -0.2) is 0 Å². The topological polar surface area (TPSA) is 60.6 Å². The first-order valence-corrected chi connectivity index (χ1v) is 9.82. The Kier molecular flexibility index (Phi) is 7.36. The number of aromatic amines is 1. The highest BCUT2D eigenvalue weighted by molar-refractivity contribution is 5.83. The highest BCUT2D eigenvalue weighted by Crippen LogP contribution is 2.20. The van der Waals surface area contributed by atoms with E-state index >= 15 is 0 Å². The monoisotopic (exact) mass is 381 g/mol. The fraction of sp³-hybridized carbons (Fsp3) is 0.348. The molecule has 0 radical (unpaired) electrons. The number of carbonyl (C=O) groups is 1. The lowest BCUT2D eigenvalue weighted by Gasteiger charge is -2.09. The number of nitrogens with one attached hydrogen (secondary N) is 1. The summed E-state index contributed by atoms with van der Waals surface area (Å²) in [7, 11) is 0. The number of H-pyrrole nitrogens is 1. The average molecular weight is 381 g/mol. The van der Waals surface area contributed by atoms with Crippen LogP contribution >= 0.6 is 0 Å². The number of hydrogen-bond donors (Lipinski definition) is 1. The smallest absolute Gasteiger partial charge is 0.305 e. The molecule has 0 aliphatic carbocycles. The van der Waals surface area contributed by atoms with E-state index in [4.69, 9.17) is 14.2 Å². The van der Waals surface area contributed by atoms with Crippen LogP contribution in [-0.4, -0.2) is 30.8 Å². The summed E-state index contributed by atoms with van der Waals surface area (Å²) in [4.78, 5) is 15.1. The summed E-state index contributed by atoms with van der Waals surface area (Å²) < 4.78 is 16.4. The molecule has 3 aromatic rings. The van der Waals surface area contributed by atoms with Crippen molar-refractivity contribution in [3.8, 4) is 11.5 Å². The van der Waals surface area contributed by atoms with Gasteiger partial charge in [0.15, 0.2) is 0 Å². The second-order valence-corrected chi connectivity index (χ2v) is 6.60. The Bertz CT molecular complexity index is 870. The maximum atomic E-state index is 11.9. The first-order chi connectivity index (χ1) is 13.8. The molecule has 0 spiro atoms. The van der Waals surface area contributed by atoms with Crippen molar-refractivity contribution < 1.29 is 19.0 Å². The molecule has 0 fully saturated rings. The highest BCUT2D eigenvalue weighted by Gasteiger charge is 2.06. The summed E-state index contributed by atoms with van der Waals surface area (Å²) in [6, 6.07) is 15.7. The lowest BCUT2D eigenvalue weighted by molar-refractivity contribution is -0.144. The van der Waals surface area contributed by atoms with Gasteiger partial charge in [-0.15, -0.1) is 0 Å². The second kappa shape index (κ2) is 10.4. The molecule has 5 nitrogen and oxygen atoms in total. The minimum absolute atomic E-state index is 0.188. The predicted molar refractivity (Wildman–Crippen MR) is 110 cm³/mol. The third-order valence-electron chi connectivity index (χ3n) is 4.41. The van der Waals surface area contributed by atoms with Gasteiger partial charge in [-0.05, 0) is 55.2 Å². The van der Waals surface area contributed by atoms with Gasteiger partial charge in [0, 0.05) is 23.5 Å². The van der Waals surface area contributed by atoms with E-state index in [1.165, 1.54) is 10.9 Å². The molecule has 2 aromatic carbocycles. The number of para-hydroxylation sites is 1. The number of aryl methyl sites for hydroxylation is 1. The van der Waals surface area contributed by atoms with Gasteiger partial charge < -0.3 is 19.2 Å². The Morgan fingerprint density at radius 3 is 2.39 bits per heavy atom. The molecule has 1 N–H and O–H groups in total. The quantitative estimate of drug-likeness (QED) is 0.379. The minimum Gasteiger partial charge on any atom is -0.494 e. The molecule has 0 atom stereocenters. The van der Waals surface area contributed by atoms with Gasteiger partial charge in [0.2, 0.25) is 0 Å². The van der Waals surface area contributed by atoms with Crippen molar-refractivity contribution in [1.29, 1.82) is 0 Å². The fourth-order valence-corrected chi connectivity index (χ4v) is 3.00. The van der Waals surface area contributed by atoms with Gasteiger partial charge in [-0.1, -0.05) is 25.1 Å². The van der Waals surface area contributed by atoms with E-state index in [9.17, 15) is 4.79 Å². The van der Waals surface area contributed by atoms with E-state index in [1.807, 2.05) is 42.6 Å². The zero-order chi connectivity index (χ0) is 19.6. The van der Waals surface area contributed by atoms with Crippen molar-refractivity contribution in [2.24, 2.45) is 0 Å². The van der Waals surface area contributed by atoms with Gasteiger partial charge in [-0.2, -0.15) is 0 Å². The van der Waals surface area contributed by atoms with E-state index in [1.54, 1.807) is 0 Å².